The van der Waals surface area contributed by atoms with Crippen LogP contribution in [0.5, 0.6) is 11.5 Å². The van der Waals surface area contributed by atoms with E-state index < -0.39 is 23.7 Å². The van der Waals surface area contributed by atoms with Gasteiger partial charge in [0.2, 0.25) is 0 Å². The number of nitrogens with zero attached hydrogens (tertiary/aromatic N) is 1. The summed E-state index contributed by atoms with van der Waals surface area (Å²) in [4.78, 5) is 39.1. The second kappa shape index (κ2) is 11.6. The van der Waals surface area contributed by atoms with Gasteiger partial charge in [-0.05, 0) is 73.9 Å². The van der Waals surface area contributed by atoms with Gasteiger partial charge in [-0.15, -0.1) is 6.58 Å². The first-order valence-corrected chi connectivity index (χ1v) is 12.1. The molecule has 4 rings (SSSR count). The summed E-state index contributed by atoms with van der Waals surface area (Å²) in [7, 11) is 0. The van der Waals surface area contributed by atoms with Crippen molar-refractivity contribution >= 4 is 29.6 Å². The maximum absolute atomic E-state index is 13.4. The summed E-state index contributed by atoms with van der Waals surface area (Å²) >= 11 is 0. The second-order valence-electron chi connectivity index (χ2n) is 8.65. The number of nitrogens with one attached hydrogen (secondary N) is 1. The van der Waals surface area contributed by atoms with Crippen molar-refractivity contribution < 1.29 is 28.2 Å². The second-order valence-corrected chi connectivity index (χ2v) is 8.65. The molecule has 1 heterocycles. The van der Waals surface area contributed by atoms with Crippen LogP contribution >= 0.6 is 0 Å². The van der Waals surface area contributed by atoms with Gasteiger partial charge < -0.3 is 9.47 Å². The first-order chi connectivity index (χ1) is 18.3. The fourth-order valence-corrected chi connectivity index (χ4v) is 4.11. The molecule has 38 heavy (non-hydrogen) atoms. The Kier molecular flexibility index (Phi) is 8.01. The van der Waals surface area contributed by atoms with Gasteiger partial charge in [0.25, 0.3) is 11.8 Å². The lowest BCUT2D eigenvalue weighted by atomic mass is 10.0. The molecule has 0 aliphatic carbocycles. The molecule has 0 radical (unpaired) electrons. The Labute approximate surface area is 220 Å². The van der Waals surface area contributed by atoms with Crippen molar-refractivity contribution in [3.05, 3.63) is 107 Å². The van der Waals surface area contributed by atoms with Crippen LogP contribution in [0.4, 0.5) is 14.9 Å². The van der Waals surface area contributed by atoms with Crippen LogP contribution in [0.2, 0.25) is 0 Å². The molecule has 7 nitrogen and oxygen atoms in total. The van der Waals surface area contributed by atoms with Crippen molar-refractivity contribution in [1.82, 2.24) is 5.32 Å². The third-order valence-electron chi connectivity index (χ3n) is 5.78. The van der Waals surface area contributed by atoms with Crippen LogP contribution in [0.3, 0.4) is 0 Å². The van der Waals surface area contributed by atoms with Gasteiger partial charge in [-0.25, -0.2) is 14.1 Å². The van der Waals surface area contributed by atoms with E-state index in [9.17, 15) is 18.8 Å². The van der Waals surface area contributed by atoms with E-state index >= 15 is 0 Å². The van der Waals surface area contributed by atoms with Gasteiger partial charge in [0, 0.05) is 5.56 Å². The molecule has 0 atom stereocenters. The molecule has 1 fully saturated rings. The van der Waals surface area contributed by atoms with Gasteiger partial charge in [-0.1, -0.05) is 35.9 Å². The number of urea groups is 1. The molecular formula is C30H27FN2O5. The van der Waals surface area contributed by atoms with Crippen LogP contribution in [-0.2, 0) is 22.6 Å². The van der Waals surface area contributed by atoms with Crippen molar-refractivity contribution in [2.24, 2.45) is 0 Å². The number of aryl methyl sites for hydroxylation is 1. The van der Waals surface area contributed by atoms with Gasteiger partial charge in [0.1, 0.15) is 18.0 Å². The molecule has 4 amide bonds. The zero-order chi connectivity index (χ0) is 27.2. The van der Waals surface area contributed by atoms with Gasteiger partial charge in [-0.2, -0.15) is 0 Å². The van der Waals surface area contributed by atoms with E-state index in [1.54, 1.807) is 18.2 Å². The molecule has 0 bridgehead atoms. The molecule has 0 saturated carbocycles. The van der Waals surface area contributed by atoms with E-state index in [-0.39, 0.29) is 11.3 Å². The summed E-state index contributed by atoms with van der Waals surface area (Å²) in [6, 6.07) is 15.3. The third kappa shape index (κ3) is 5.81. The molecular weight excluding hydrogens is 487 g/mol. The Hall–Kier alpha value is -4.72. The molecule has 1 saturated heterocycles. The number of ether oxygens (including phenoxy) is 2. The van der Waals surface area contributed by atoms with Gasteiger partial charge in [-0.3, -0.25) is 14.9 Å². The third-order valence-corrected chi connectivity index (χ3v) is 5.78. The highest BCUT2D eigenvalue weighted by molar-refractivity contribution is 6.39. The molecule has 3 aromatic rings. The minimum absolute atomic E-state index is 0.134. The number of hydrogen-bond acceptors (Lipinski definition) is 5. The number of amides is 4. The normalized spacial score (nSPS) is 14.4. The summed E-state index contributed by atoms with van der Waals surface area (Å²) in [6.45, 7) is 8.36. The van der Waals surface area contributed by atoms with Crippen molar-refractivity contribution in [3.63, 3.8) is 0 Å². The Balaban J connectivity index is 1.71. The van der Waals surface area contributed by atoms with Crippen LogP contribution in [-0.4, -0.2) is 24.5 Å². The number of allylic oxidation sites excluding steroid dienone is 1. The molecule has 0 spiro atoms. The van der Waals surface area contributed by atoms with Crippen LogP contribution in [0, 0.1) is 12.7 Å². The summed E-state index contributed by atoms with van der Waals surface area (Å²) in [6.07, 6.45) is 3.55. The van der Waals surface area contributed by atoms with Crippen LogP contribution in [0.1, 0.15) is 29.2 Å². The highest BCUT2D eigenvalue weighted by atomic mass is 19.1. The molecule has 1 aliphatic heterocycles. The quantitative estimate of drug-likeness (QED) is 0.231. The maximum atomic E-state index is 13.4. The molecule has 1 N–H and O–H groups in total. The fourth-order valence-electron chi connectivity index (χ4n) is 4.11. The zero-order valence-corrected chi connectivity index (χ0v) is 21.1. The van der Waals surface area contributed by atoms with E-state index in [0.717, 1.165) is 33.7 Å². The number of halogens is 1. The Morgan fingerprint density at radius 2 is 1.79 bits per heavy atom. The number of carbonyl (C=O) groups is 3. The van der Waals surface area contributed by atoms with Crippen molar-refractivity contribution in [2.45, 2.75) is 26.9 Å². The molecule has 1 aliphatic rings. The largest absolute Gasteiger partial charge is 0.490 e. The number of barbiturate groups is 1. The number of carbonyl (C=O) groups excluding carboxylic acids is 3. The Morgan fingerprint density at radius 1 is 1.03 bits per heavy atom. The van der Waals surface area contributed by atoms with Crippen LogP contribution in [0.15, 0.2) is 78.9 Å². The smallest absolute Gasteiger partial charge is 0.335 e. The number of rotatable bonds is 9. The number of benzene rings is 3. The van der Waals surface area contributed by atoms with E-state index in [1.165, 1.54) is 18.2 Å². The summed E-state index contributed by atoms with van der Waals surface area (Å²) in [5, 5.41) is 2.17. The topological polar surface area (TPSA) is 84.9 Å². The average molecular weight is 515 g/mol. The Bertz CT molecular complexity index is 1430. The fraction of sp³-hybridized carbons (Fsp3) is 0.167. The number of hydrogen-bond donors (Lipinski definition) is 1. The molecule has 0 aromatic heterocycles. The summed E-state index contributed by atoms with van der Waals surface area (Å²) in [5.74, 6) is -1.19. The van der Waals surface area contributed by atoms with E-state index in [0.29, 0.717) is 36.7 Å². The molecule has 3 aromatic carbocycles. The van der Waals surface area contributed by atoms with Crippen molar-refractivity contribution in [2.75, 3.05) is 11.5 Å². The number of anilines is 1. The predicted octanol–water partition coefficient (Wildman–Crippen LogP) is 5.51. The predicted molar refractivity (Wildman–Crippen MR) is 142 cm³/mol. The van der Waals surface area contributed by atoms with Crippen LogP contribution in [0.25, 0.3) is 6.08 Å². The SMILES string of the molecule is C=CCc1cc(/C=C2\C(=O)NC(=O)N(c3ccc(F)cc3)C2=O)cc(OCC)c1OCc1cccc(C)c1. The van der Waals surface area contributed by atoms with E-state index in [1.807, 2.05) is 38.1 Å². The minimum Gasteiger partial charge on any atom is -0.490 e. The minimum atomic E-state index is -0.911. The maximum Gasteiger partial charge on any atom is 0.335 e. The Morgan fingerprint density at radius 3 is 2.47 bits per heavy atom. The van der Waals surface area contributed by atoms with Gasteiger partial charge >= 0.3 is 6.03 Å². The average Bonchev–Trinajstić information content (AvgIpc) is 2.87. The monoisotopic (exact) mass is 514 g/mol. The zero-order valence-electron chi connectivity index (χ0n) is 21.1. The van der Waals surface area contributed by atoms with Crippen molar-refractivity contribution in [3.8, 4) is 11.5 Å². The lowest BCUT2D eigenvalue weighted by Gasteiger charge is -2.26. The first-order valence-electron chi connectivity index (χ1n) is 12.1. The van der Waals surface area contributed by atoms with Gasteiger partial charge in [0.05, 0.1) is 12.3 Å². The van der Waals surface area contributed by atoms with E-state index in [4.69, 9.17) is 9.47 Å². The highest BCUT2D eigenvalue weighted by Crippen LogP contribution is 2.36. The van der Waals surface area contributed by atoms with Crippen LogP contribution < -0.4 is 19.7 Å². The number of imide groups is 2. The van der Waals surface area contributed by atoms with Crippen molar-refractivity contribution in [1.29, 1.82) is 0 Å². The van der Waals surface area contributed by atoms with E-state index in [2.05, 4.69) is 11.9 Å². The molecule has 0 unspecified atom stereocenters. The highest BCUT2D eigenvalue weighted by Gasteiger charge is 2.37. The van der Waals surface area contributed by atoms with Gasteiger partial charge in [0.15, 0.2) is 11.5 Å². The standard InChI is InChI=1S/C30H27FN2O5/c1-4-7-22-15-21(17-26(37-5-2)27(22)38-18-20-9-6-8-19(3)14-20)16-25-28(34)32-30(36)33(29(25)35)24-12-10-23(31)11-13-24/h4,6,8-17H,1,5,7,18H2,2-3H3,(H,32,34,36)/b25-16+. The first kappa shape index (κ1) is 26.3. The molecule has 8 heteroatoms. The summed E-state index contributed by atoms with van der Waals surface area (Å²) < 4.78 is 25.4. The lowest BCUT2D eigenvalue weighted by Crippen LogP contribution is -2.54. The molecule has 194 valence electrons. The lowest BCUT2D eigenvalue weighted by molar-refractivity contribution is -0.122. The summed E-state index contributed by atoms with van der Waals surface area (Å²) in [5.41, 5.74) is 3.25.